The van der Waals surface area contributed by atoms with Crippen LogP contribution in [0.2, 0.25) is 0 Å². The van der Waals surface area contributed by atoms with Gasteiger partial charge in [-0.25, -0.2) is 4.39 Å². The van der Waals surface area contributed by atoms with Crippen molar-refractivity contribution >= 4 is 59.2 Å². The van der Waals surface area contributed by atoms with Crippen molar-refractivity contribution in [3.8, 4) is 6.07 Å². The highest BCUT2D eigenvalue weighted by molar-refractivity contribution is 9.11. The lowest BCUT2D eigenvalue weighted by Gasteiger charge is -2.11. The van der Waals surface area contributed by atoms with Crippen molar-refractivity contribution in [3.63, 3.8) is 0 Å². The number of nitrogens with zero attached hydrogens (tertiary/aromatic N) is 1. The molecule has 0 spiro atoms. The van der Waals surface area contributed by atoms with Gasteiger partial charge in [0, 0.05) is 8.95 Å². The average Bonchev–Trinajstić information content (AvgIpc) is 2.39. The van der Waals surface area contributed by atoms with Crippen LogP contribution in [-0.2, 0) is 0 Å². The molecule has 2 rings (SSSR count). The van der Waals surface area contributed by atoms with Crippen LogP contribution in [0.5, 0.6) is 0 Å². The molecule has 0 aromatic heterocycles. The lowest BCUT2D eigenvalue weighted by atomic mass is 10.2. The zero-order valence-corrected chi connectivity index (χ0v) is 14.1. The van der Waals surface area contributed by atoms with Crippen LogP contribution in [0, 0.1) is 17.1 Å². The van der Waals surface area contributed by atoms with Crippen LogP contribution in [0.25, 0.3) is 0 Å². The fraction of sp³-hybridized carbons (Fsp3) is 0. The Bertz CT molecular complexity index is 680. The molecule has 0 saturated carbocycles. The standard InChI is InChI=1S/C13H6Br3FN2/c14-8-2-3-9(15)11(5-8)19-10-4-1-7(6-18)12(16)13(10)17/h1-5,19H. The number of nitrogens with one attached hydrogen (secondary N) is 1. The number of anilines is 2. The van der Waals surface area contributed by atoms with Crippen molar-refractivity contribution < 1.29 is 4.39 Å². The number of rotatable bonds is 2. The Morgan fingerprint density at radius 2 is 1.79 bits per heavy atom. The predicted molar refractivity (Wildman–Crippen MR) is 83.9 cm³/mol. The summed E-state index contributed by atoms with van der Waals surface area (Å²) in [4.78, 5) is 0. The van der Waals surface area contributed by atoms with Gasteiger partial charge in [0.15, 0.2) is 5.82 Å². The van der Waals surface area contributed by atoms with Gasteiger partial charge in [-0.3, -0.25) is 0 Å². The van der Waals surface area contributed by atoms with E-state index in [0.29, 0.717) is 5.69 Å². The maximum absolute atomic E-state index is 14.1. The Hall–Kier alpha value is -0.900. The van der Waals surface area contributed by atoms with Crippen LogP contribution in [0.15, 0.2) is 43.7 Å². The first-order valence-corrected chi connectivity index (χ1v) is 7.51. The largest absolute Gasteiger partial charge is 0.352 e. The Morgan fingerprint density at radius 3 is 2.47 bits per heavy atom. The van der Waals surface area contributed by atoms with Crippen molar-refractivity contribution in [2.45, 2.75) is 0 Å². The van der Waals surface area contributed by atoms with Crippen LogP contribution in [-0.4, -0.2) is 0 Å². The molecule has 2 aromatic rings. The summed E-state index contributed by atoms with van der Waals surface area (Å²) < 4.78 is 15.9. The minimum Gasteiger partial charge on any atom is -0.352 e. The molecular formula is C13H6Br3FN2. The molecular weight excluding hydrogens is 443 g/mol. The number of hydrogen-bond acceptors (Lipinski definition) is 2. The molecule has 2 nitrogen and oxygen atoms in total. The van der Waals surface area contributed by atoms with Gasteiger partial charge in [0.2, 0.25) is 0 Å². The fourth-order valence-electron chi connectivity index (χ4n) is 1.47. The summed E-state index contributed by atoms with van der Waals surface area (Å²) in [5, 5.41) is 11.8. The quantitative estimate of drug-likeness (QED) is 0.637. The first-order valence-electron chi connectivity index (χ1n) is 5.13. The summed E-state index contributed by atoms with van der Waals surface area (Å²) in [5.41, 5.74) is 1.28. The van der Waals surface area contributed by atoms with Crippen LogP contribution in [0.4, 0.5) is 15.8 Å². The maximum Gasteiger partial charge on any atom is 0.162 e. The topological polar surface area (TPSA) is 35.8 Å². The molecule has 0 fully saturated rings. The van der Waals surface area contributed by atoms with Crippen LogP contribution < -0.4 is 5.32 Å². The molecule has 0 aliphatic rings. The SMILES string of the molecule is N#Cc1ccc(Nc2cc(Br)ccc2Br)c(F)c1Br. The van der Waals surface area contributed by atoms with E-state index in [2.05, 4.69) is 53.1 Å². The minimum atomic E-state index is -0.495. The van der Waals surface area contributed by atoms with Gasteiger partial charge in [0.1, 0.15) is 6.07 Å². The number of nitriles is 1. The molecule has 0 unspecified atom stereocenters. The highest BCUT2D eigenvalue weighted by Crippen LogP contribution is 2.32. The van der Waals surface area contributed by atoms with Gasteiger partial charge in [-0.1, -0.05) is 15.9 Å². The molecule has 2 aromatic carbocycles. The van der Waals surface area contributed by atoms with Gasteiger partial charge in [0.25, 0.3) is 0 Å². The van der Waals surface area contributed by atoms with E-state index in [9.17, 15) is 4.39 Å². The second-order valence-electron chi connectivity index (χ2n) is 3.65. The van der Waals surface area contributed by atoms with Gasteiger partial charge >= 0.3 is 0 Å². The number of hydrogen-bond donors (Lipinski definition) is 1. The van der Waals surface area contributed by atoms with E-state index in [1.807, 2.05) is 24.3 Å². The summed E-state index contributed by atoms with van der Waals surface area (Å²) in [6, 6.07) is 10.6. The second-order valence-corrected chi connectivity index (χ2v) is 6.21. The maximum atomic E-state index is 14.1. The molecule has 0 aliphatic heterocycles. The summed E-state index contributed by atoms with van der Waals surface area (Å²) in [5.74, 6) is -0.495. The molecule has 0 heterocycles. The van der Waals surface area contributed by atoms with Gasteiger partial charge in [-0.2, -0.15) is 5.26 Å². The van der Waals surface area contributed by atoms with Crippen molar-refractivity contribution in [3.05, 3.63) is 55.1 Å². The Balaban J connectivity index is 2.42. The molecule has 1 N–H and O–H groups in total. The smallest absolute Gasteiger partial charge is 0.162 e. The summed E-state index contributed by atoms with van der Waals surface area (Å²) >= 11 is 9.83. The molecule has 0 radical (unpaired) electrons. The molecule has 0 saturated heterocycles. The van der Waals surface area contributed by atoms with Crippen molar-refractivity contribution in [1.82, 2.24) is 0 Å². The molecule has 0 aliphatic carbocycles. The molecule has 0 amide bonds. The zero-order chi connectivity index (χ0) is 14.0. The zero-order valence-electron chi connectivity index (χ0n) is 9.35. The van der Waals surface area contributed by atoms with Gasteiger partial charge < -0.3 is 5.32 Å². The highest BCUT2D eigenvalue weighted by Gasteiger charge is 2.12. The van der Waals surface area contributed by atoms with E-state index >= 15 is 0 Å². The van der Waals surface area contributed by atoms with E-state index in [-0.39, 0.29) is 10.0 Å². The molecule has 0 atom stereocenters. The summed E-state index contributed by atoms with van der Waals surface area (Å²) in [6.07, 6.45) is 0. The molecule has 96 valence electrons. The fourth-order valence-corrected chi connectivity index (χ4v) is 2.61. The Kier molecular flexibility index (Phi) is 4.61. The van der Waals surface area contributed by atoms with Gasteiger partial charge in [-0.15, -0.1) is 0 Å². The van der Waals surface area contributed by atoms with Crippen molar-refractivity contribution in [2.24, 2.45) is 0 Å². The normalized spacial score (nSPS) is 10.1. The first kappa shape index (κ1) is 14.5. The molecule has 19 heavy (non-hydrogen) atoms. The third-order valence-electron chi connectivity index (χ3n) is 2.40. The summed E-state index contributed by atoms with van der Waals surface area (Å²) in [6.45, 7) is 0. The Morgan fingerprint density at radius 1 is 1.05 bits per heavy atom. The number of halogens is 4. The van der Waals surface area contributed by atoms with Crippen LogP contribution in [0.3, 0.4) is 0 Å². The van der Waals surface area contributed by atoms with Crippen LogP contribution >= 0.6 is 47.8 Å². The monoisotopic (exact) mass is 446 g/mol. The van der Waals surface area contributed by atoms with E-state index in [1.165, 1.54) is 6.07 Å². The lowest BCUT2D eigenvalue weighted by molar-refractivity contribution is 0.624. The minimum absolute atomic E-state index is 0.158. The Labute approximate surface area is 135 Å². The van der Waals surface area contributed by atoms with E-state index < -0.39 is 5.82 Å². The first-order chi connectivity index (χ1) is 9.02. The third kappa shape index (κ3) is 3.16. The molecule has 0 bridgehead atoms. The lowest BCUT2D eigenvalue weighted by Crippen LogP contribution is -1.97. The van der Waals surface area contributed by atoms with Crippen molar-refractivity contribution in [1.29, 1.82) is 5.26 Å². The highest BCUT2D eigenvalue weighted by atomic mass is 79.9. The van der Waals surface area contributed by atoms with E-state index in [0.717, 1.165) is 14.6 Å². The van der Waals surface area contributed by atoms with Crippen LogP contribution in [0.1, 0.15) is 5.56 Å². The van der Waals surface area contributed by atoms with Gasteiger partial charge in [0.05, 0.1) is 21.4 Å². The van der Waals surface area contributed by atoms with Crippen molar-refractivity contribution in [2.75, 3.05) is 5.32 Å². The number of benzene rings is 2. The second kappa shape index (κ2) is 6.04. The van der Waals surface area contributed by atoms with E-state index in [4.69, 9.17) is 5.26 Å². The molecule has 6 heteroatoms. The van der Waals surface area contributed by atoms with Gasteiger partial charge in [-0.05, 0) is 62.2 Å². The summed E-state index contributed by atoms with van der Waals surface area (Å²) in [7, 11) is 0. The van der Waals surface area contributed by atoms with E-state index in [1.54, 1.807) is 6.07 Å². The average molecular weight is 449 g/mol. The third-order valence-corrected chi connectivity index (χ3v) is 4.36. The predicted octanol–water partition coefficient (Wildman–Crippen LogP) is 5.73.